The Morgan fingerprint density at radius 3 is 2.57 bits per heavy atom. The zero-order valence-corrected chi connectivity index (χ0v) is 16.7. The number of hydrogen-bond donors (Lipinski definition) is 0. The lowest BCUT2D eigenvalue weighted by Crippen LogP contribution is -2.33. The molecule has 1 aliphatic heterocycles. The zero-order valence-electron chi connectivity index (χ0n) is 15.9. The maximum Gasteiger partial charge on any atom is 0.289 e. The van der Waals surface area contributed by atoms with Crippen LogP contribution in [0.4, 0.5) is 11.4 Å². The van der Waals surface area contributed by atoms with E-state index < -0.39 is 10.8 Å². The molecule has 0 N–H and O–H groups in total. The van der Waals surface area contributed by atoms with Gasteiger partial charge in [-0.2, -0.15) is 0 Å². The van der Waals surface area contributed by atoms with E-state index in [4.69, 9.17) is 9.47 Å². The maximum absolute atomic E-state index is 13.3. The summed E-state index contributed by atoms with van der Waals surface area (Å²) < 4.78 is 11.0. The molecule has 1 aliphatic rings. The molecular formula is C19H22ClN3O5. The van der Waals surface area contributed by atoms with Crippen molar-refractivity contribution in [2.24, 2.45) is 0 Å². The SMILES string of the molecule is COc1cc2c(c([N+](=O)[O-])c1)C(=O)N(CCCN(C)C)c1ccccc1O2.Cl. The molecule has 0 unspecified atom stereocenters. The molecule has 150 valence electrons. The minimum Gasteiger partial charge on any atom is -0.496 e. The Bertz CT molecular complexity index is 888. The summed E-state index contributed by atoms with van der Waals surface area (Å²) in [6.07, 6.45) is 0.715. The van der Waals surface area contributed by atoms with Gasteiger partial charge in [0.1, 0.15) is 5.75 Å². The summed E-state index contributed by atoms with van der Waals surface area (Å²) in [5.41, 5.74) is 0.187. The first kappa shape index (κ1) is 21.5. The number of nitro groups is 1. The number of ether oxygens (including phenoxy) is 2. The largest absolute Gasteiger partial charge is 0.496 e. The van der Waals surface area contributed by atoms with Gasteiger partial charge in [-0.15, -0.1) is 12.4 Å². The van der Waals surface area contributed by atoms with Crippen LogP contribution in [0.1, 0.15) is 16.8 Å². The van der Waals surface area contributed by atoms with Crippen LogP contribution < -0.4 is 14.4 Å². The molecule has 0 radical (unpaired) electrons. The van der Waals surface area contributed by atoms with Crippen molar-refractivity contribution in [3.8, 4) is 17.2 Å². The first-order chi connectivity index (χ1) is 12.9. The highest BCUT2D eigenvalue weighted by Crippen LogP contribution is 2.43. The van der Waals surface area contributed by atoms with E-state index in [2.05, 4.69) is 0 Å². The van der Waals surface area contributed by atoms with Gasteiger partial charge >= 0.3 is 0 Å². The van der Waals surface area contributed by atoms with Crippen LogP contribution in [0, 0.1) is 10.1 Å². The second kappa shape index (κ2) is 8.90. The van der Waals surface area contributed by atoms with E-state index in [1.165, 1.54) is 19.2 Å². The highest BCUT2D eigenvalue weighted by atomic mass is 35.5. The van der Waals surface area contributed by atoms with Crippen molar-refractivity contribution in [1.29, 1.82) is 0 Å². The summed E-state index contributed by atoms with van der Waals surface area (Å²) in [4.78, 5) is 27.9. The van der Waals surface area contributed by atoms with Crippen LogP contribution >= 0.6 is 12.4 Å². The number of methoxy groups -OCH3 is 1. The van der Waals surface area contributed by atoms with Crippen LogP contribution in [0.25, 0.3) is 0 Å². The summed E-state index contributed by atoms with van der Waals surface area (Å²) in [6.45, 7) is 1.20. The van der Waals surface area contributed by atoms with Gasteiger partial charge in [0.15, 0.2) is 17.1 Å². The molecule has 1 heterocycles. The van der Waals surface area contributed by atoms with Gasteiger partial charge in [-0.3, -0.25) is 14.9 Å². The third-order valence-electron chi connectivity index (χ3n) is 4.31. The number of fused-ring (bicyclic) bond motifs is 2. The first-order valence-electron chi connectivity index (χ1n) is 8.52. The molecule has 0 aliphatic carbocycles. The van der Waals surface area contributed by atoms with Crippen LogP contribution in [0.5, 0.6) is 17.2 Å². The van der Waals surface area contributed by atoms with Gasteiger partial charge in [-0.1, -0.05) is 12.1 Å². The third kappa shape index (κ3) is 4.18. The van der Waals surface area contributed by atoms with E-state index in [9.17, 15) is 14.9 Å². The van der Waals surface area contributed by atoms with Gasteiger partial charge in [0.25, 0.3) is 11.6 Å². The molecule has 0 bridgehead atoms. The van der Waals surface area contributed by atoms with Gasteiger partial charge in [-0.05, 0) is 39.2 Å². The Morgan fingerprint density at radius 2 is 1.93 bits per heavy atom. The molecule has 9 heteroatoms. The molecule has 1 amide bonds. The number of para-hydroxylation sites is 2. The number of carbonyl (C=O) groups is 1. The average Bonchev–Trinajstić information content (AvgIpc) is 2.75. The van der Waals surface area contributed by atoms with Crippen LogP contribution in [-0.4, -0.2) is 50.0 Å². The summed E-state index contributed by atoms with van der Waals surface area (Å²) >= 11 is 0. The fourth-order valence-electron chi connectivity index (χ4n) is 3.03. The maximum atomic E-state index is 13.3. The number of carbonyl (C=O) groups excluding carboxylic acids is 1. The molecule has 0 saturated carbocycles. The number of anilines is 1. The lowest BCUT2D eigenvalue weighted by Gasteiger charge is -2.22. The van der Waals surface area contributed by atoms with Crippen molar-refractivity contribution in [2.45, 2.75) is 6.42 Å². The Morgan fingerprint density at radius 1 is 1.21 bits per heavy atom. The molecule has 28 heavy (non-hydrogen) atoms. The molecule has 2 aromatic rings. The molecule has 8 nitrogen and oxygen atoms in total. The molecular weight excluding hydrogens is 386 g/mol. The molecule has 2 aromatic carbocycles. The fraction of sp³-hybridized carbons (Fsp3) is 0.316. The van der Waals surface area contributed by atoms with E-state index in [-0.39, 0.29) is 35.2 Å². The Labute approximate surface area is 169 Å². The second-order valence-corrected chi connectivity index (χ2v) is 6.46. The Balaban J connectivity index is 0.00000280. The van der Waals surface area contributed by atoms with Crippen molar-refractivity contribution in [1.82, 2.24) is 4.90 Å². The summed E-state index contributed by atoms with van der Waals surface area (Å²) in [5.74, 6) is 0.389. The van der Waals surface area contributed by atoms with Crippen molar-refractivity contribution < 1.29 is 19.2 Å². The van der Waals surface area contributed by atoms with E-state index in [0.29, 0.717) is 24.4 Å². The van der Waals surface area contributed by atoms with Crippen molar-refractivity contribution in [3.05, 3.63) is 52.1 Å². The first-order valence-corrected chi connectivity index (χ1v) is 8.52. The van der Waals surface area contributed by atoms with Crippen molar-refractivity contribution in [3.63, 3.8) is 0 Å². The highest BCUT2D eigenvalue weighted by Gasteiger charge is 2.35. The Hall–Kier alpha value is -2.84. The van der Waals surface area contributed by atoms with Gasteiger partial charge in [0, 0.05) is 12.6 Å². The minimum atomic E-state index is -0.587. The third-order valence-corrected chi connectivity index (χ3v) is 4.31. The number of nitrogens with zero attached hydrogens (tertiary/aromatic N) is 3. The second-order valence-electron chi connectivity index (χ2n) is 6.46. The van der Waals surface area contributed by atoms with Crippen LogP contribution in [0.2, 0.25) is 0 Å². The quantitative estimate of drug-likeness (QED) is 0.535. The van der Waals surface area contributed by atoms with Gasteiger partial charge < -0.3 is 19.3 Å². The molecule has 0 fully saturated rings. The Kier molecular flexibility index (Phi) is 6.82. The molecule has 0 spiro atoms. The normalized spacial score (nSPS) is 12.4. The number of amides is 1. The molecule has 0 atom stereocenters. The molecule has 3 rings (SSSR count). The number of benzene rings is 2. The highest BCUT2D eigenvalue weighted by molar-refractivity contribution is 6.12. The van der Waals surface area contributed by atoms with E-state index in [1.807, 2.05) is 19.0 Å². The standard InChI is InChI=1S/C19H21N3O5.ClH/c1-20(2)9-6-10-21-14-7-4-5-8-16(14)27-17-12-13(26-3)11-15(22(24)25)18(17)19(21)23;/h4-5,7-8,11-12H,6,9-10H2,1-3H3;1H. The topological polar surface area (TPSA) is 85.1 Å². The van der Waals surface area contributed by atoms with Crippen molar-refractivity contribution >= 4 is 29.7 Å². The summed E-state index contributed by atoms with van der Waals surface area (Å²) in [7, 11) is 5.31. The molecule has 0 saturated heterocycles. The van der Waals surface area contributed by atoms with Gasteiger partial charge in [0.05, 0.1) is 23.8 Å². The monoisotopic (exact) mass is 407 g/mol. The van der Waals surface area contributed by atoms with E-state index >= 15 is 0 Å². The smallest absolute Gasteiger partial charge is 0.289 e. The van der Waals surface area contributed by atoms with Crippen LogP contribution in [0.3, 0.4) is 0 Å². The van der Waals surface area contributed by atoms with Gasteiger partial charge in [-0.25, -0.2) is 0 Å². The van der Waals surface area contributed by atoms with Crippen LogP contribution in [0.15, 0.2) is 36.4 Å². The number of hydrogen-bond acceptors (Lipinski definition) is 6. The molecule has 0 aromatic heterocycles. The minimum absolute atomic E-state index is 0. The van der Waals surface area contributed by atoms with E-state index in [0.717, 1.165) is 6.54 Å². The van der Waals surface area contributed by atoms with E-state index in [1.54, 1.807) is 29.2 Å². The lowest BCUT2D eigenvalue weighted by atomic mass is 10.1. The van der Waals surface area contributed by atoms with Gasteiger partial charge in [0.2, 0.25) is 0 Å². The predicted octanol–water partition coefficient (Wildman–Crippen LogP) is 3.73. The van der Waals surface area contributed by atoms with Crippen LogP contribution in [-0.2, 0) is 0 Å². The summed E-state index contributed by atoms with van der Waals surface area (Å²) in [6, 6.07) is 9.86. The fourth-order valence-corrected chi connectivity index (χ4v) is 3.03. The zero-order chi connectivity index (χ0) is 19.6. The predicted molar refractivity (Wildman–Crippen MR) is 108 cm³/mol. The lowest BCUT2D eigenvalue weighted by molar-refractivity contribution is -0.385. The number of halogens is 1. The van der Waals surface area contributed by atoms with Crippen molar-refractivity contribution in [2.75, 3.05) is 39.2 Å². The number of nitro benzene ring substituents is 1. The number of rotatable bonds is 6. The summed E-state index contributed by atoms with van der Waals surface area (Å²) in [5, 5.41) is 11.6. The average molecular weight is 408 g/mol.